The summed E-state index contributed by atoms with van der Waals surface area (Å²) >= 11 is 0. The number of nitrogens with zero attached hydrogens (tertiary/aromatic N) is 5. The van der Waals surface area contributed by atoms with Crippen LogP contribution in [0.5, 0.6) is 0 Å². The molecule has 0 unspecified atom stereocenters. The van der Waals surface area contributed by atoms with E-state index in [1.807, 2.05) is 29.8 Å². The molecule has 0 aliphatic heterocycles. The number of aryl methyl sites for hydroxylation is 2. The quantitative estimate of drug-likeness (QED) is 0.702. The van der Waals surface area contributed by atoms with Crippen LogP contribution in [0.15, 0.2) is 30.6 Å². The highest BCUT2D eigenvalue weighted by Gasteiger charge is 2.11. The van der Waals surface area contributed by atoms with Crippen molar-refractivity contribution in [2.45, 2.75) is 19.9 Å². The third-order valence-electron chi connectivity index (χ3n) is 3.15. The van der Waals surface area contributed by atoms with Gasteiger partial charge in [0.05, 0.1) is 17.6 Å². The molecular weight excluding hydrogens is 226 g/mol. The molecule has 0 atom stereocenters. The Hall–Kier alpha value is -2.17. The van der Waals surface area contributed by atoms with Crippen molar-refractivity contribution in [3.05, 3.63) is 42.2 Å². The number of benzene rings is 1. The summed E-state index contributed by atoms with van der Waals surface area (Å²) in [6.45, 7) is 2.83. The van der Waals surface area contributed by atoms with E-state index in [0.717, 1.165) is 29.1 Å². The Morgan fingerprint density at radius 2 is 2.00 bits per heavy atom. The molecule has 0 fully saturated rings. The van der Waals surface area contributed by atoms with Crippen molar-refractivity contribution in [3.63, 3.8) is 0 Å². The van der Waals surface area contributed by atoms with Crippen LogP contribution in [0.4, 0.5) is 0 Å². The fourth-order valence-electron chi connectivity index (χ4n) is 2.16. The van der Waals surface area contributed by atoms with E-state index in [-0.39, 0.29) is 0 Å². The molecule has 3 rings (SSSR count). The summed E-state index contributed by atoms with van der Waals surface area (Å²) in [4.78, 5) is 4.65. The molecule has 92 valence electrons. The monoisotopic (exact) mass is 241 g/mol. The third kappa shape index (κ3) is 1.68. The van der Waals surface area contributed by atoms with Crippen LogP contribution in [0.3, 0.4) is 0 Å². The van der Waals surface area contributed by atoms with Gasteiger partial charge in [0, 0.05) is 13.5 Å². The summed E-state index contributed by atoms with van der Waals surface area (Å²) in [5, 5.41) is 8.05. The van der Waals surface area contributed by atoms with E-state index >= 15 is 0 Å². The van der Waals surface area contributed by atoms with Crippen LogP contribution >= 0.6 is 0 Å². The fourth-order valence-corrected chi connectivity index (χ4v) is 2.16. The molecule has 0 N–H and O–H groups in total. The van der Waals surface area contributed by atoms with E-state index in [4.69, 9.17) is 0 Å². The van der Waals surface area contributed by atoms with Gasteiger partial charge in [-0.1, -0.05) is 19.1 Å². The molecule has 0 spiro atoms. The van der Waals surface area contributed by atoms with E-state index in [1.54, 1.807) is 6.33 Å². The first-order valence-corrected chi connectivity index (χ1v) is 6.06. The molecule has 0 saturated carbocycles. The SMILES string of the molecule is CCc1nc2ccccc2n1Cc1nncn1C. The molecule has 5 heteroatoms. The fraction of sp³-hybridized carbons (Fsp3) is 0.308. The molecule has 0 radical (unpaired) electrons. The lowest BCUT2D eigenvalue weighted by atomic mass is 10.3. The van der Waals surface area contributed by atoms with Crippen molar-refractivity contribution < 1.29 is 0 Å². The molecule has 0 aliphatic carbocycles. The van der Waals surface area contributed by atoms with E-state index in [1.165, 1.54) is 0 Å². The van der Waals surface area contributed by atoms with Crippen molar-refractivity contribution in [1.29, 1.82) is 0 Å². The molecule has 0 saturated heterocycles. The second-order valence-corrected chi connectivity index (χ2v) is 4.31. The van der Waals surface area contributed by atoms with Crippen LogP contribution in [0.1, 0.15) is 18.6 Å². The summed E-state index contributed by atoms with van der Waals surface area (Å²) in [5.41, 5.74) is 2.19. The van der Waals surface area contributed by atoms with Crippen LogP contribution in [-0.2, 0) is 20.0 Å². The number of hydrogen-bond acceptors (Lipinski definition) is 3. The number of imidazole rings is 1. The largest absolute Gasteiger partial charge is 0.320 e. The van der Waals surface area contributed by atoms with E-state index in [0.29, 0.717) is 6.54 Å². The minimum Gasteiger partial charge on any atom is -0.320 e. The zero-order chi connectivity index (χ0) is 12.5. The van der Waals surface area contributed by atoms with Crippen LogP contribution < -0.4 is 0 Å². The Kier molecular flexibility index (Phi) is 2.59. The molecule has 18 heavy (non-hydrogen) atoms. The zero-order valence-corrected chi connectivity index (χ0v) is 10.5. The standard InChI is InChI=1S/C13H15N5/c1-3-12-15-10-6-4-5-7-11(10)18(12)8-13-16-14-9-17(13)2/h4-7,9H,3,8H2,1-2H3. The highest BCUT2D eigenvalue weighted by atomic mass is 15.3. The van der Waals surface area contributed by atoms with Gasteiger partial charge < -0.3 is 9.13 Å². The van der Waals surface area contributed by atoms with Gasteiger partial charge in [-0.25, -0.2) is 4.98 Å². The molecule has 2 aromatic heterocycles. The first-order chi connectivity index (χ1) is 8.79. The lowest BCUT2D eigenvalue weighted by Crippen LogP contribution is -2.08. The van der Waals surface area contributed by atoms with Crippen molar-refractivity contribution in [3.8, 4) is 0 Å². The van der Waals surface area contributed by atoms with Gasteiger partial charge in [0.25, 0.3) is 0 Å². The Morgan fingerprint density at radius 1 is 1.17 bits per heavy atom. The van der Waals surface area contributed by atoms with Gasteiger partial charge >= 0.3 is 0 Å². The minimum absolute atomic E-state index is 0.709. The zero-order valence-electron chi connectivity index (χ0n) is 10.5. The molecule has 0 aliphatic rings. The van der Waals surface area contributed by atoms with Crippen molar-refractivity contribution >= 4 is 11.0 Å². The Labute approximate surface area is 105 Å². The lowest BCUT2D eigenvalue weighted by molar-refractivity contribution is 0.680. The highest BCUT2D eigenvalue weighted by molar-refractivity contribution is 5.75. The second-order valence-electron chi connectivity index (χ2n) is 4.31. The van der Waals surface area contributed by atoms with Gasteiger partial charge in [-0.05, 0) is 12.1 Å². The number of hydrogen-bond donors (Lipinski definition) is 0. The predicted octanol–water partition coefficient (Wildman–Crippen LogP) is 1.78. The van der Waals surface area contributed by atoms with Gasteiger partial charge in [0.2, 0.25) is 0 Å². The van der Waals surface area contributed by atoms with Gasteiger partial charge in [-0.15, -0.1) is 10.2 Å². The predicted molar refractivity (Wildman–Crippen MR) is 69.2 cm³/mol. The van der Waals surface area contributed by atoms with Crippen molar-refractivity contribution in [1.82, 2.24) is 24.3 Å². The lowest BCUT2D eigenvalue weighted by Gasteiger charge is -2.07. The van der Waals surface area contributed by atoms with E-state index in [2.05, 4.69) is 32.7 Å². The average molecular weight is 241 g/mol. The Morgan fingerprint density at radius 3 is 2.72 bits per heavy atom. The first kappa shape index (κ1) is 11.0. The number of rotatable bonds is 3. The van der Waals surface area contributed by atoms with Crippen molar-refractivity contribution in [2.24, 2.45) is 7.05 Å². The first-order valence-electron chi connectivity index (χ1n) is 6.06. The smallest absolute Gasteiger partial charge is 0.152 e. The molecule has 3 aromatic rings. The number of aromatic nitrogens is 5. The Bertz CT molecular complexity index is 680. The normalized spacial score (nSPS) is 11.2. The van der Waals surface area contributed by atoms with Gasteiger partial charge in [0.15, 0.2) is 5.82 Å². The Balaban J connectivity index is 2.12. The molecule has 5 nitrogen and oxygen atoms in total. The van der Waals surface area contributed by atoms with E-state index < -0.39 is 0 Å². The topological polar surface area (TPSA) is 48.5 Å². The van der Waals surface area contributed by atoms with Gasteiger partial charge in [0.1, 0.15) is 12.2 Å². The maximum atomic E-state index is 4.65. The highest BCUT2D eigenvalue weighted by Crippen LogP contribution is 2.17. The molecular formula is C13H15N5. The van der Waals surface area contributed by atoms with Gasteiger partial charge in [-0.3, -0.25) is 0 Å². The number of para-hydroxylation sites is 2. The summed E-state index contributed by atoms with van der Waals surface area (Å²) in [7, 11) is 1.96. The molecule has 0 bridgehead atoms. The molecule has 1 aromatic carbocycles. The molecule has 2 heterocycles. The summed E-state index contributed by atoms with van der Waals surface area (Å²) < 4.78 is 4.15. The van der Waals surface area contributed by atoms with Crippen molar-refractivity contribution in [2.75, 3.05) is 0 Å². The second kappa shape index (κ2) is 4.25. The van der Waals surface area contributed by atoms with Crippen LogP contribution in [0.25, 0.3) is 11.0 Å². The van der Waals surface area contributed by atoms with E-state index in [9.17, 15) is 0 Å². The number of fused-ring (bicyclic) bond motifs is 1. The summed E-state index contributed by atoms with van der Waals surface area (Å²) in [6.07, 6.45) is 2.63. The summed E-state index contributed by atoms with van der Waals surface area (Å²) in [6, 6.07) is 8.19. The molecule has 0 amide bonds. The van der Waals surface area contributed by atoms with Gasteiger partial charge in [-0.2, -0.15) is 0 Å². The van der Waals surface area contributed by atoms with Crippen LogP contribution in [0, 0.1) is 0 Å². The third-order valence-corrected chi connectivity index (χ3v) is 3.15. The summed E-state index contributed by atoms with van der Waals surface area (Å²) in [5.74, 6) is 2.02. The van der Waals surface area contributed by atoms with Crippen LogP contribution in [-0.4, -0.2) is 24.3 Å². The minimum atomic E-state index is 0.709. The van der Waals surface area contributed by atoms with Crippen LogP contribution in [0.2, 0.25) is 0 Å². The average Bonchev–Trinajstić information content (AvgIpc) is 2.95. The maximum absolute atomic E-state index is 4.65. The maximum Gasteiger partial charge on any atom is 0.152 e.